The van der Waals surface area contributed by atoms with E-state index in [1.54, 1.807) is 6.07 Å². The summed E-state index contributed by atoms with van der Waals surface area (Å²) in [6.45, 7) is 11.0. The molecule has 0 saturated carbocycles. The van der Waals surface area contributed by atoms with E-state index in [4.69, 9.17) is 14.6 Å². The first-order valence-corrected chi connectivity index (χ1v) is 10.9. The van der Waals surface area contributed by atoms with Gasteiger partial charge < -0.3 is 24.3 Å². The Labute approximate surface area is 178 Å². The number of nitrogens with zero attached hydrogens (tertiary/aromatic N) is 1. The fraction of sp³-hybridized carbons (Fsp3) is 0.667. The van der Waals surface area contributed by atoms with Gasteiger partial charge in [-0.1, -0.05) is 27.2 Å². The van der Waals surface area contributed by atoms with Crippen LogP contribution >= 0.6 is 0 Å². The number of unbranched alkanes of at least 4 members (excludes halogenated alkanes) is 1. The van der Waals surface area contributed by atoms with Crippen LogP contribution in [0.15, 0.2) is 18.2 Å². The minimum Gasteiger partial charge on any atom is -0.396 e. The molecule has 0 bridgehead atoms. The number of aliphatic hydroxyl groups excluding tert-OH is 2. The molecule has 3 rings (SSSR count). The molecule has 1 aliphatic rings. The van der Waals surface area contributed by atoms with Crippen molar-refractivity contribution in [3.8, 4) is 0 Å². The molecular weight excluding hydrogens is 385 g/mol. The van der Waals surface area contributed by atoms with Gasteiger partial charge in [-0.2, -0.15) is 0 Å². The molecule has 2 aromatic rings. The summed E-state index contributed by atoms with van der Waals surface area (Å²) >= 11 is 0. The summed E-state index contributed by atoms with van der Waals surface area (Å²) in [5, 5.41) is 20.0. The maximum atomic E-state index is 15.1. The molecule has 6 heteroatoms. The van der Waals surface area contributed by atoms with E-state index in [-0.39, 0.29) is 31.1 Å². The molecule has 1 aromatic carbocycles. The van der Waals surface area contributed by atoms with Gasteiger partial charge in [0.2, 0.25) is 0 Å². The van der Waals surface area contributed by atoms with Gasteiger partial charge in [-0.3, -0.25) is 0 Å². The highest BCUT2D eigenvalue weighted by Crippen LogP contribution is 2.35. The van der Waals surface area contributed by atoms with E-state index in [1.165, 1.54) is 0 Å². The molecule has 5 nitrogen and oxygen atoms in total. The third kappa shape index (κ3) is 4.88. The van der Waals surface area contributed by atoms with Crippen LogP contribution in [-0.4, -0.2) is 46.5 Å². The lowest BCUT2D eigenvalue weighted by Crippen LogP contribution is -2.29. The first kappa shape index (κ1) is 23.2. The van der Waals surface area contributed by atoms with Crippen molar-refractivity contribution in [2.45, 2.75) is 83.6 Å². The Morgan fingerprint density at radius 1 is 1.23 bits per heavy atom. The van der Waals surface area contributed by atoms with Crippen LogP contribution in [0.25, 0.3) is 10.9 Å². The minimum absolute atomic E-state index is 0.0102. The van der Waals surface area contributed by atoms with Crippen molar-refractivity contribution >= 4 is 10.9 Å². The van der Waals surface area contributed by atoms with Gasteiger partial charge in [0.1, 0.15) is 11.9 Å². The standard InChI is InChI=1S/C24H36FNO4/c1-16(8-6-7-9-27)19-10-17-11-22(23(2,3)15-28)26(21(17)12-20(19)25)13-18-14-29-24(4,5)30-18/h10-12,16,18,27-28H,6-9,13-15H2,1-5H3/t16?,18-/m1/s1. The van der Waals surface area contributed by atoms with Gasteiger partial charge in [0.15, 0.2) is 5.79 Å². The van der Waals surface area contributed by atoms with Gasteiger partial charge in [0.05, 0.1) is 25.3 Å². The zero-order chi connectivity index (χ0) is 22.1. The molecule has 2 N–H and O–H groups in total. The molecule has 2 atom stereocenters. The Morgan fingerprint density at radius 2 is 1.97 bits per heavy atom. The van der Waals surface area contributed by atoms with E-state index in [2.05, 4.69) is 10.6 Å². The van der Waals surface area contributed by atoms with Crippen LogP contribution in [-0.2, 0) is 21.4 Å². The lowest BCUT2D eigenvalue weighted by atomic mass is 9.90. The summed E-state index contributed by atoms with van der Waals surface area (Å²) in [5.41, 5.74) is 1.99. The molecule has 0 amide bonds. The predicted molar refractivity (Wildman–Crippen MR) is 116 cm³/mol. The Kier molecular flexibility index (Phi) is 6.92. The number of aliphatic hydroxyl groups is 2. The van der Waals surface area contributed by atoms with E-state index in [9.17, 15) is 5.11 Å². The van der Waals surface area contributed by atoms with Gasteiger partial charge in [0.25, 0.3) is 0 Å². The quantitative estimate of drug-likeness (QED) is 0.587. The van der Waals surface area contributed by atoms with E-state index in [1.807, 2.05) is 40.7 Å². The zero-order valence-corrected chi connectivity index (χ0v) is 18.9. The van der Waals surface area contributed by atoms with Gasteiger partial charge >= 0.3 is 0 Å². The van der Waals surface area contributed by atoms with E-state index < -0.39 is 11.2 Å². The Balaban J connectivity index is 2.00. The first-order valence-electron chi connectivity index (χ1n) is 10.9. The monoisotopic (exact) mass is 421 g/mol. The van der Waals surface area contributed by atoms with Crippen molar-refractivity contribution in [3.63, 3.8) is 0 Å². The molecule has 30 heavy (non-hydrogen) atoms. The maximum Gasteiger partial charge on any atom is 0.163 e. The second-order valence-corrected chi connectivity index (χ2v) is 9.69. The van der Waals surface area contributed by atoms with Crippen LogP contribution in [0, 0.1) is 5.82 Å². The molecular formula is C24H36FNO4. The summed E-state index contributed by atoms with van der Waals surface area (Å²) in [4.78, 5) is 0. The third-order valence-electron chi connectivity index (χ3n) is 6.14. The second-order valence-electron chi connectivity index (χ2n) is 9.69. The minimum atomic E-state index is -0.622. The van der Waals surface area contributed by atoms with E-state index in [0.29, 0.717) is 18.7 Å². The third-order valence-corrected chi connectivity index (χ3v) is 6.14. The number of ether oxygens (including phenoxy) is 2. The van der Waals surface area contributed by atoms with Crippen molar-refractivity contribution in [2.75, 3.05) is 19.8 Å². The molecule has 1 unspecified atom stereocenters. The Hall–Kier alpha value is -1.47. The summed E-state index contributed by atoms with van der Waals surface area (Å²) in [7, 11) is 0. The van der Waals surface area contributed by atoms with Crippen LogP contribution in [0.2, 0.25) is 0 Å². The van der Waals surface area contributed by atoms with Gasteiger partial charge in [-0.15, -0.1) is 0 Å². The maximum absolute atomic E-state index is 15.1. The van der Waals surface area contributed by atoms with Crippen molar-refractivity contribution in [3.05, 3.63) is 35.3 Å². The normalized spacial score (nSPS) is 20.2. The highest BCUT2D eigenvalue weighted by molar-refractivity contribution is 5.83. The Morgan fingerprint density at radius 3 is 2.57 bits per heavy atom. The molecule has 1 fully saturated rings. The Bertz CT molecular complexity index is 874. The van der Waals surface area contributed by atoms with Crippen LogP contribution in [0.1, 0.15) is 71.1 Å². The summed E-state index contributed by atoms with van der Waals surface area (Å²) in [6, 6.07) is 5.62. The van der Waals surface area contributed by atoms with E-state index >= 15 is 4.39 Å². The largest absolute Gasteiger partial charge is 0.396 e. The average molecular weight is 422 g/mol. The fourth-order valence-corrected chi connectivity index (χ4v) is 4.29. The lowest BCUT2D eigenvalue weighted by molar-refractivity contribution is -0.139. The number of rotatable bonds is 9. The van der Waals surface area contributed by atoms with Gasteiger partial charge in [0, 0.05) is 23.1 Å². The number of hydrogen-bond acceptors (Lipinski definition) is 4. The van der Waals surface area contributed by atoms with Crippen molar-refractivity contribution in [1.29, 1.82) is 0 Å². The highest BCUT2D eigenvalue weighted by Gasteiger charge is 2.34. The summed E-state index contributed by atoms with van der Waals surface area (Å²) in [6.07, 6.45) is 2.30. The van der Waals surface area contributed by atoms with Crippen LogP contribution in [0.3, 0.4) is 0 Å². The molecule has 0 spiro atoms. The topological polar surface area (TPSA) is 63.9 Å². The average Bonchev–Trinajstić information content (AvgIpc) is 3.21. The first-order chi connectivity index (χ1) is 14.1. The smallest absolute Gasteiger partial charge is 0.163 e. The number of benzene rings is 1. The van der Waals surface area contributed by atoms with Gasteiger partial charge in [-0.05, 0) is 56.4 Å². The second kappa shape index (κ2) is 8.95. The van der Waals surface area contributed by atoms with Gasteiger partial charge in [-0.25, -0.2) is 4.39 Å². The zero-order valence-electron chi connectivity index (χ0n) is 18.9. The number of aromatic nitrogens is 1. The molecule has 1 saturated heterocycles. The number of fused-ring (bicyclic) bond motifs is 1. The molecule has 2 heterocycles. The van der Waals surface area contributed by atoms with Crippen molar-refractivity contribution in [2.24, 2.45) is 0 Å². The molecule has 1 aromatic heterocycles. The van der Waals surface area contributed by atoms with Crippen molar-refractivity contribution < 1.29 is 24.1 Å². The van der Waals surface area contributed by atoms with Crippen LogP contribution < -0.4 is 0 Å². The molecule has 168 valence electrons. The van der Waals surface area contributed by atoms with E-state index in [0.717, 1.165) is 35.9 Å². The molecule has 1 aliphatic heterocycles. The summed E-state index contributed by atoms with van der Waals surface area (Å²) in [5.74, 6) is -0.760. The number of halogens is 1. The SMILES string of the molecule is CC(CCCCO)c1cc2cc(C(C)(C)CO)n(C[C@@H]3COC(C)(C)O3)c2cc1F. The van der Waals surface area contributed by atoms with Crippen LogP contribution in [0.5, 0.6) is 0 Å². The molecule has 0 aliphatic carbocycles. The summed E-state index contributed by atoms with van der Waals surface area (Å²) < 4.78 is 28.9. The highest BCUT2D eigenvalue weighted by atomic mass is 19.1. The number of hydrogen-bond donors (Lipinski definition) is 2. The lowest BCUT2D eigenvalue weighted by Gasteiger charge is -2.26. The van der Waals surface area contributed by atoms with Crippen LogP contribution in [0.4, 0.5) is 4.39 Å². The fourth-order valence-electron chi connectivity index (χ4n) is 4.29. The van der Waals surface area contributed by atoms with Crippen molar-refractivity contribution in [1.82, 2.24) is 4.57 Å². The predicted octanol–water partition coefficient (Wildman–Crippen LogP) is 4.47. The molecule has 0 radical (unpaired) electrons.